The maximum atomic E-state index is 12.8. The Kier molecular flexibility index (Phi) is 3.83. The summed E-state index contributed by atoms with van der Waals surface area (Å²) >= 11 is 0. The van der Waals surface area contributed by atoms with E-state index in [-0.39, 0.29) is 5.56 Å². The van der Waals surface area contributed by atoms with Gasteiger partial charge in [-0.1, -0.05) is 12.6 Å². The Hall–Kier alpha value is -2.24. The molecule has 0 aliphatic rings. The lowest BCUT2D eigenvalue weighted by molar-refractivity contribution is -0.138. The van der Waals surface area contributed by atoms with Gasteiger partial charge in [0, 0.05) is 30.2 Å². The summed E-state index contributed by atoms with van der Waals surface area (Å²) in [5.74, 6) is 0. The zero-order chi connectivity index (χ0) is 14.8. The molecule has 20 heavy (non-hydrogen) atoms. The van der Waals surface area contributed by atoms with Crippen molar-refractivity contribution in [1.82, 2.24) is 9.78 Å². The molecule has 0 saturated carbocycles. The van der Waals surface area contributed by atoms with Gasteiger partial charge in [-0.15, -0.1) is 0 Å². The maximum Gasteiger partial charge on any atom is 0.416 e. The Labute approximate surface area is 114 Å². The zero-order valence-corrected chi connectivity index (χ0v) is 10.9. The SMILES string of the molecule is C=Cn1cc(CNc2ccc(C)c(C(F)(F)F)c2)cn1. The van der Waals surface area contributed by atoms with Crippen molar-refractivity contribution in [2.75, 3.05) is 5.32 Å². The highest BCUT2D eigenvalue weighted by atomic mass is 19.4. The second-order valence-electron chi connectivity index (χ2n) is 4.39. The summed E-state index contributed by atoms with van der Waals surface area (Å²) in [7, 11) is 0. The van der Waals surface area contributed by atoms with Crippen LogP contribution in [0.4, 0.5) is 18.9 Å². The number of aryl methyl sites for hydroxylation is 1. The van der Waals surface area contributed by atoms with Crippen molar-refractivity contribution in [3.05, 3.63) is 53.9 Å². The van der Waals surface area contributed by atoms with Gasteiger partial charge in [0.2, 0.25) is 0 Å². The molecular formula is C14H14F3N3. The molecular weight excluding hydrogens is 267 g/mol. The Morgan fingerprint density at radius 3 is 2.75 bits per heavy atom. The van der Waals surface area contributed by atoms with Gasteiger partial charge in [0.25, 0.3) is 0 Å². The fourth-order valence-corrected chi connectivity index (χ4v) is 1.81. The second-order valence-corrected chi connectivity index (χ2v) is 4.39. The minimum absolute atomic E-state index is 0.211. The summed E-state index contributed by atoms with van der Waals surface area (Å²) in [6.07, 6.45) is 0.582. The highest BCUT2D eigenvalue weighted by molar-refractivity contribution is 5.49. The van der Waals surface area contributed by atoms with Gasteiger partial charge in [-0.25, -0.2) is 4.68 Å². The van der Waals surface area contributed by atoms with E-state index in [1.54, 1.807) is 18.5 Å². The molecule has 1 heterocycles. The molecule has 0 fully saturated rings. The first kappa shape index (κ1) is 14.2. The van der Waals surface area contributed by atoms with Crippen molar-refractivity contribution < 1.29 is 13.2 Å². The average molecular weight is 281 g/mol. The first-order valence-electron chi connectivity index (χ1n) is 5.97. The molecule has 1 aromatic carbocycles. The van der Waals surface area contributed by atoms with Crippen LogP contribution in [-0.4, -0.2) is 9.78 Å². The van der Waals surface area contributed by atoms with Crippen LogP contribution in [0.1, 0.15) is 16.7 Å². The van der Waals surface area contributed by atoms with Gasteiger partial charge in [0.05, 0.1) is 11.8 Å². The Morgan fingerprint density at radius 1 is 1.40 bits per heavy atom. The van der Waals surface area contributed by atoms with Gasteiger partial charge >= 0.3 is 6.18 Å². The van der Waals surface area contributed by atoms with Crippen molar-refractivity contribution in [3.8, 4) is 0 Å². The summed E-state index contributed by atoms with van der Waals surface area (Å²) in [6, 6.07) is 4.20. The Morgan fingerprint density at radius 2 is 2.15 bits per heavy atom. The highest BCUT2D eigenvalue weighted by Crippen LogP contribution is 2.33. The number of rotatable bonds is 4. The normalized spacial score (nSPS) is 11.4. The number of alkyl halides is 3. The molecule has 0 radical (unpaired) electrons. The Balaban J connectivity index is 2.12. The molecule has 0 bridgehead atoms. The van der Waals surface area contributed by atoms with Gasteiger partial charge in [0.1, 0.15) is 0 Å². The molecule has 0 saturated heterocycles. The van der Waals surface area contributed by atoms with E-state index in [9.17, 15) is 13.2 Å². The molecule has 1 N–H and O–H groups in total. The van der Waals surface area contributed by atoms with E-state index in [1.165, 1.54) is 23.9 Å². The molecule has 0 aliphatic heterocycles. The van der Waals surface area contributed by atoms with Crippen LogP contribution >= 0.6 is 0 Å². The smallest absolute Gasteiger partial charge is 0.381 e. The lowest BCUT2D eigenvalue weighted by Gasteiger charge is -2.13. The number of hydrogen-bond donors (Lipinski definition) is 1. The molecule has 106 valence electrons. The van der Waals surface area contributed by atoms with Crippen LogP contribution in [0.2, 0.25) is 0 Å². The number of anilines is 1. The standard InChI is InChI=1S/C14H14F3N3/c1-3-20-9-11(8-19-20)7-18-12-5-4-10(2)13(6-12)14(15,16)17/h3-6,8-9,18H,1,7H2,2H3. The van der Waals surface area contributed by atoms with Gasteiger partial charge < -0.3 is 5.32 Å². The van der Waals surface area contributed by atoms with Crippen LogP contribution in [0.3, 0.4) is 0 Å². The maximum absolute atomic E-state index is 12.8. The third kappa shape index (κ3) is 3.20. The van der Waals surface area contributed by atoms with Crippen LogP contribution in [0, 0.1) is 6.92 Å². The summed E-state index contributed by atoms with van der Waals surface area (Å²) in [4.78, 5) is 0. The van der Waals surface area contributed by atoms with Crippen LogP contribution < -0.4 is 5.32 Å². The fraction of sp³-hybridized carbons (Fsp3) is 0.214. The summed E-state index contributed by atoms with van der Waals surface area (Å²) in [5, 5.41) is 6.95. The second kappa shape index (κ2) is 5.40. The van der Waals surface area contributed by atoms with Gasteiger partial charge in [-0.3, -0.25) is 0 Å². The molecule has 1 aromatic heterocycles. The first-order valence-corrected chi connectivity index (χ1v) is 5.97. The molecule has 0 amide bonds. The van der Waals surface area contributed by atoms with Crippen molar-refractivity contribution in [1.29, 1.82) is 0 Å². The quantitative estimate of drug-likeness (QED) is 0.920. The van der Waals surface area contributed by atoms with Gasteiger partial charge in [-0.05, 0) is 24.6 Å². The average Bonchev–Trinajstić information content (AvgIpc) is 2.84. The minimum Gasteiger partial charge on any atom is -0.381 e. The van der Waals surface area contributed by atoms with Crippen LogP contribution in [0.15, 0.2) is 37.2 Å². The lowest BCUT2D eigenvalue weighted by atomic mass is 10.1. The van der Waals surface area contributed by atoms with E-state index in [1.807, 2.05) is 0 Å². The molecule has 2 aromatic rings. The fourth-order valence-electron chi connectivity index (χ4n) is 1.81. The number of benzene rings is 1. The van der Waals surface area contributed by atoms with E-state index in [4.69, 9.17) is 0 Å². The van der Waals surface area contributed by atoms with Crippen molar-refractivity contribution >= 4 is 11.9 Å². The van der Waals surface area contributed by atoms with Crippen LogP contribution in [0.25, 0.3) is 6.20 Å². The lowest BCUT2D eigenvalue weighted by Crippen LogP contribution is -2.08. The van der Waals surface area contributed by atoms with E-state index >= 15 is 0 Å². The van der Waals surface area contributed by atoms with E-state index in [2.05, 4.69) is 17.0 Å². The summed E-state index contributed by atoms with van der Waals surface area (Å²) < 4.78 is 39.9. The predicted octanol–water partition coefficient (Wildman–Crippen LogP) is 3.92. The number of halogens is 3. The number of nitrogens with zero attached hydrogens (tertiary/aromatic N) is 2. The number of nitrogens with one attached hydrogen (secondary N) is 1. The Bertz CT molecular complexity index is 614. The van der Waals surface area contributed by atoms with Crippen LogP contribution in [-0.2, 0) is 12.7 Å². The molecule has 6 heteroatoms. The number of aromatic nitrogens is 2. The minimum atomic E-state index is -4.34. The van der Waals surface area contributed by atoms with Crippen molar-refractivity contribution in [3.63, 3.8) is 0 Å². The van der Waals surface area contributed by atoms with Crippen molar-refractivity contribution in [2.24, 2.45) is 0 Å². The third-order valence-corrected chi connectivity index (χ3v) is 2.88. The predicted molar refractivity (Wildman–Crippen MR) is 72.1 cm³/mol. The van der Waals surface area contributed by atoms with E-state index < -0.39 is 11.7 Å². The number of hydrogen-bond acceptors (Lipinski definition) is 2. The molecule has 0 atom stereocenters. The van der Waals surface area contributed by atoms with E-state index in [0.29, 0.717) is 12.2 Å². The van der Waals surface area contributed by atoms with Gasteiger partial charge in [0.15, 0.2) is 0 Å². The van der Waals surface area contributed by atoms with Crippen LogP contribution in [0.5, 0.6) is 0 Å². The first-order chi connectivity index (χ1) is 9.40. The topological polar surface area (TPSA) is 29.9 Å². The monoisotopic (exact) mass is 281 g/mol. The highest BCUT2D eigenvalue weighted by Gasteiger charge is 2.32. The molecule has 0 spiro atoms. The van der Waals surface area contributed by atoms with Gasteiger partial charge in [-0.2, -0.15) is 18.3 Å². The molecule has 0 aliphatic carbocycles. The molecule has 2 rings (SSSR count). The van der Waals surface area contributed by atoms with E-state index in [0.717, 1.165) is 11.6 Å². The molecule has 0 unspecified atom stereocenters. The van der Waals surface area contributed by atoms with Crippen molar-refractivity contribution in [2.45, 2.75) is 19.6 Å². The molecule has 3 nitrogen and oxygen atoms in total. The summed E-state index contributed by atoms with van der Waals surface area (Å²) in [6.45, 7) is 5.41. The zero-order valence-electron chi connectivity index (χ0n) is 10.9. The summed E-state index contributed by atoms with van der Waals surface area (Å²) in [5.41, 5.74) is 0.875. The third-order valence-electron chi connectivity index (χ3n) is 2.88. The largest absolute Gasteiger partial charge is 0.416 e.